The maximum atomic E-state index is 11.6. The predicted octanol–water partition coefficient (Wildman–Crippen LogP) is 3.59. The second kappa shape index (κ2) is 3.87. The van der Waals surface area contributed by atoms with Crippen molar-refractivity contribution in [2.45, 2.75) is 44.4 Å². The van der Waals surface area contributed by atoms with Crippen LogP contribution in [0.5, 0.6) is 0 Å². The first-order valence-corrected chi connectivity index (χ1v) is 7.09. The molecule has 1 aromatic carbocycles. The number of carbonyl (C=O) groups is 1. The predicted molar refractivity (Wildman–Crippen MR) is 80.2 cm³/mol. The van der Waals surface area contributed by atoms with Gasteiger partial charge in [-0.15, -0.1) is 0 Å². The van der Waals surface area contributed by atoms with Crippen LogP contribution in [0.3, 0.4) is 0 Å². The van der Waals surface area contributed by atoms with Gasteiger partial charge in [0.05, 0.1) is 5.41 Å². The Hall–Kier alpha value is -1.77. The van der Waals surface area contributed by atoms with Gasteiger partial charge in [0.2, 0.25) is 0 Å². The van der Waals surface area contributed by atoms with Crippen molar-refractivity contribution < 1.29 is 9.90 Å². The van der Waals surface area contributed by atoms with Gasteiger partial charge in [-0.3, -0.25) is 4.79 Å². The highest BCUT2D eigenvalue weighted by Crippen LogP contribution is 2.51. The number of benzene rings is 1. The van der Waals surface area contributed by atoms with Crippen LogP contribution in [-0.4, -0.2) is 15.6 Å². The summed E-state index contributed by atoms with van der Waals surface area (Å²) in [6.07, 6.45) is 3.50. The summed E-state index contributed by atoms with van der Waals surface area (Å²) in [4.78, 5) is 11.6. The smallest absolute Gasteiger partial charge is 0.314 e. The Morgan fingerprint density at radius 3 is 2.45 bits per heavy atom. The van der Waals surface area contributed by atoms with Gasteiger partial charge in [-0.25, -0.2) is 0 Å². The van der Waals surface area contributed by atoms with Crippen molar-refractivity contribution in [2.75, 3.05) is 0 Å². The molecule has 106 valence electrons. The third-order valence-electron chi connectivity index (χ3n) is 4.53. The Morgan fingerprint density at radius 1 is 1.30 bits per heavy atom. The standard InChI is InChI=1S/C17H21NO2/c1-16(2,3)11-5-6-14-12(9-11)13(10-18(14)4)17(7-8-17)15(19)20/h5-6,9-10H,7-8H2,1-4H3,(H,19,20). The van der Waals surface area contributed by atoms with Crippen molar-refractivity contribution in [3.8, 4) is 0 Å². The SMILES string of the molecule is Cn1cc(C2(C(=O)O)CC2)c2cc(C(C)(C)C)ccc21. The number of aliphatic carboxylic acids is 1. The lowest BCUT2D eigenvalue weighted by molar-refractivity contribution is -0.140. The number of aryl methyl sites for hydroxylation is 1. The third kappa shape index (κ3) is 1.76. The number of carboxylic acids is 1. The molecule has 0 spiro atoms. The third-order valence-corrected chi connectivity index (χ3v) is 4.53. The Kier molecular flexibility index (Phi) is 2.56. The zero-order valence-corrected chi connectivity index (χ0v) is 12.5. The van der Waals surface area contributed by atoms with Crippen molar-refractivity contribution in [2.24, 2.45) is 7.05 Å². The average molecular weight is 271 g/mol. The summed E-state index contributed by atoms with van der Waals surface area (Å²) < 4.78 is 2.04. The Balaban J connectivity index is 2.26. The molecular formula is C17H21NO2. The van der Waals surface area contributed by atoms with Crippen LogP contribution in [0.2, 0.25) is 0 Å². The molecule has 0 bridgehead atoms. The number of nitrogens with zero attached hydrogens (tertiary/aromatic N) is 1. The summed E-state index contributed by atoms with van der Waals surface area (Å²) in [5, 5.41) is 10.6. The first-order chi connectivity index (χ1) is 9.25. The van der Waals surface area contributed by atoms with Crippen molar-refractivity contribution in [1.29, 1.82) is 0 Å². The molecule has 1 aromatic heterocycles. The second-order valence-electron chi connectivity index (χ2n) is 7.02. The van der Waals surface area contributed by atoms with Crippen LogP contribution in [0.25, 0.3) is 10.9 Å². The molecule has 1 fully saturated rings. The van der Waals surface area contributed by atoms with Gasteiger partial charge in [0, 0.05) is 24.1 Å². The molecule has 1 N–H and O–H groups in total. The number of hydrogen-bond acceptors (Lipinski definition) is 1. The summed E-state index contributed by atoms with van der Waals surface area (Å²) in [5.74, 6) is -0.689. The minimum atomic E-state index is -0.689. The first-order valence-electron chi connectivity index (χ1n) is 7.09. The van der Waals surface area contributed by atoms with E-state index in [1.54, 1.807) is 0 Å². The largest absolute Gasteiger partial charge is 0.481 e. The van der Waals surface area contributed by atoms with Crippen LogP contribution in [-0.2, 0) is 22.7 Å². The Morgan fingerprint density at radius 2 is 1.95 bits per heavy atom. The lowest BCUT2D eigenvalue weighted by atomic mass is 9.85. The highest BCUT2D eigenvalue weighted by molar-refractivity contribution is 5.95. The maximum absolute atomic E-state index is 11.6. The molecular weight excluding hydrogens is 250 g/mol. The fourth-order valence-corrected chi connectivity index (χ4v) is 2.96. The van der Waals surface area contributed by atoms with E-state index in [-0.39, 0.29) is 5.41 Å². The quantitative estimate of drug-likeness (QED) is 0.907. The lowest BCUT2D eigenvalue weighted by Crippen LogP contribution is -2.19. The molecule has 3 nitrogen and oxygen atoms in total. The van der Waals surface area contributed by atoms with Gasteiger partial charge in [-0.2, -0.15) is 0 Å². The normalized spacial score (nSPS) is 17.4. The molecule has 0 saturated heterocycles. The molecule has 0 radical (unpaired) electrons. The Bertz CT molecular complexity index is 700. The van der Waals surface area contributed by atoms with E-state index in [2.05, 4.69) is 39.0 Å². The van der Waals surface area contributed by atoms with E-state index >= 15 is 0 Å². The minimum absolute atomic E-state index is 0.0707. The zero-order valence-electron chi connectivity index (χ0n) is 12.5. The maximum Gasteiger partial charge on any atom is 0.314 e. The van der Waals surface area contributed by atoms with Crippen LogP contribution >= 0.6 is 0 Å². The molecule has 1 aliphatic rings. The van der Waals surface area contributed by atoms with Gasteiger partial charge in [-0.1, -0.05) is 26.8 Å². The summed E-state index contributed by atoms with van der Waals surface area (Å²) in [6.45, 7) is 6.54. The van der Waals surface area contributed by atoms with Gasteiger partial charge >= 0.3 is 5.97 Å². The van der Waals surface area contributed by atoms with E-state index in [4.69, 9.17) is 0 Å². The van der Waals surface area contributed by atoms with E-state index in [9.17, 15) is 9.90 Å². The van der Waals surface area contributed by atoms with E-state index in [1.165, 1.54) is 5.56 Å². The van der Waals surface area contributed by atoms with E-state index in [0.29, 0.717) is 0 Å². The van der Waals surface area contributed by atoms with Crippen LogP contribution in [0.4, 0.5) is 0 Å². The fourth-order valence-electron chi connectivity index (χ4n) is 2.96. The minimum Gasteiger partial charge on any atom is -0.481 e. The van der Waals surface area contributed by atoms with E-state index in [0.717, 1.165) is 29.3 Å². The molecule has 1 heterocycles. The van der Waals surface area contributed by atoms with Crippen molar-refractivity contribution in [1.82, 2.24) is 4.57 Å². The monoisotopic (exact) mass is 271 g/mol. The molecule has 2 aromatic rings. The average Bonchev–Trinajstić information content (AvgIpc) is 3.09. The number of aromatic nitrogens is 1. The molecule has 1 aliphatic carbocycles. The topological polar surface area (TPSA) is 42.2 Å². The molecule has 3 heteroatoms. The zero-order chi connectivity index (χ0) is 14.7. The van der Waals surface area contributed by atoms with Crippen molar-refractivity contribution >= 4 is 16.9 Å². The first kappa shape index (κ1) is 13.2. The van der Waals surface area contributed by atoms with Crippen LogP contribution in [0.1, 0.15) is 44.7 Å². The van der Waals surface area contributed by atoms with Gasteiger partial charge in [0.1, 0.15) is 0 Å². The summed E-state index contributed by atoms with van der Waals surface area (Å²) in [6, 6.07) is 6.43. The highest BCUT2D eigenvalue weighted by atomic mass is 16.4. The van der Waals surface area contributed by atoms with Gasteiger partial charge in [0.15, 0.2) is 0 Å². The van der Waals surface area contributed by atoms with Gasteiger partial charge in [0.25, 0.3) is 0 Å². The number of carboxylic acid groups (broad SMARTS) is 1. The lowest BCUT2D eigenvalue weighted by Gasteiger charge is -2.19. The van der Waals surface area contributed by atoms with Crippen molar-refractivity contribution in [3.63, 3.8) is 0 Å². The molecule has 0 amide bonds. The van der Waals surface area contributed by atoms with Crippen LogP contribution < -0.4 is 0 Å². The molecule has 0 unspecified atom stereocenters. The van der Waals surface area contributed by atoms with Crippen LogP contribution in [0, 0.1) is 0 Å². The van der Waals surface area contributed by atoms with Gasteiger partial charge in [-0.05, 0) is 41.5 Å². The Labute approximate surface area is 119 Å². The summed E-state index contributed by atoms with van der Waals surface area (Å²) in [5.41, 5.74) is 2.77. The van der Waals surface area contributed by atoms with Crippen LogP contribution in [0.15, 0.2) is 24.4 Å². The molecule has 0 atom stereocenters. The van der Waals surface area contributed by atoms with E-state index in [1.807, 2.05) is 17.8 Å². The van der Waals surface area contributed by atoms with Crippen molar-refractivity contribution in [3.05, 3.63) is 35.5 Å². The highest BCUT2D eigenvalue weighted by Gasteiger charge is 2.53. The number of rotatable bonds is 2. The second-order valence-corrected chi connectivity index (χ2v) is 7.02. The summed E-state index contributed by atoms with van der Waals surface area (Å²) >= 11 is 0. The molecule has 20 heavy (non-hydrogen) atoms. The number of fused-ring (bicyclic) bond motifs is 1. The fraction of sp³-hybridized carbons (Fsp3) is 0.471. The number of hydrogen-bond donors (Lipinski definition) is 1. The molecule has 1 saturated carbocycles. The van der Waals surface area contributed by atoms with Gasteiger partial charge < -0.3 is 9.67 Å². The van der Waals surface area contributed by atoms with E-state index < -0.39 is 11.4 Å². The summed E-state index contributed by atoms with van der Waals surface area (Å²) in [7, 11) is 1.99. The molecule has 0 aliphatic heterocycles. The molecule has 3 rings (SSSR count).